The van der Waals surface area contributed by atoms with Crippen LogP contribution in [0, 0.1) is 0 Å². The molecule has 0 radical (unpaired) electrons. The number of nitrogens with one attached hydrogen (secondary N) is 4. The quantitative estimate of drug-likeness (QED) is 0.239. The Morgan fingerprint density at radius 2 is 1.35 bits per heavy atom. The molecule has 4 N–H and O–H groups in total. The van der Waals surface area contributed by atoms with E-state index in [2.05, 4.69) is 21.3 Å². The SMILES string of the molecule is O=C(Nc1ccc(NC(=S)Nc2ccc(NC(=O)c3ccco3)cc2)cc1Cl)c1ccccc1. The third kappa shape index (κ3) is 6.00. The van der Waals surface area contributed by atoms with Crippen molar-refractivity contribution in [2.24, 2.45) is 0 Å². The van der Waals surface area contributed by atoms with Gasteiger partial charge in [0.1, 0.15) is 0 Å². The molecule has 1 heterocycles. The van der Waals surface area contributed by atoms with E-state index in [0.717, 1.165) is 5.69 Å². The predicted molar refractivity (Wildman–Crippen MR) is 139 cm³/mol. The van der Waals surface area contributed by atoms with E-state index in [1.165, 1.54) is 6.26 Å². The van der Waals surface area contributed by atoms with Crippen molar-refractivity contribution in [1.82, 2.24) is 0 Å². The second-order valence-corrected chi connectivity index (χ2v) is 7.92. The van der Waals surface area contributed by atoms with Crippen LogP contribution in [-0.4, -0.2) is 16.9 Å². The van der Waals surface area contributed by atoms with Crippen molar-refractivity contribution in [1.29, 1.82) is 0 Å². The van der Waals surface area contributed by atoms with Crippen LogP contribution in [0.1, 0.15) is 20.9 Å². The van der Waals surface area contributed by atoms with Crippen LogP contribution in [0.2, 0.25) is 5.02 Å². The van der Waals surface area contributed by atoms with Crippen LogP contribution in [0.3, 0.4) is 0 Å². The highest BCUT2D eigenvalue weighted by molar-refractivity contribution is 7.80. The van der Waals surface area contributed by atoms with Gasteiger partial charge in [-0.15, -0.1) is 0 Å². The lowest BCUT2D eigenvalue weighted by atomic mass is 10.2. The lowest BCUT2D eigenvalue weighted by Gasteiger charge is -2.13. The first-order chi connectivity index (χ1) is 16.5. The summed E-state index contributed by atoms with van der Waals surface area (Å²) in [5.41, 5.74) is 3.03. The topological polar surface area (TPSA) is 95.4 Å². The average molecular weight is 491 g/mol. The minimum absolute atomic E-state index is 0.233. The maximum absolute atomic E-state index is 12.3. The van der Waals surface area contributed by atoms with Gasteiger partial charge in [-0.3, -0.25) is 9.59 Å². The Bertz CT molecular complexity index is 1310. The standard InChI is InChI=1S/C25H19ClN4O3S/c26-20-15-19(12-13-21(20)30-23(31)16-5-2-1-3-6-16)29-25(34)28-18-10-8-17(9-11-18)27-24(32)22-7-4-14-33-22/h1-15H,(H,27,32)(H,30,31)(H2,28,29,34). The van der Waals surface area contributed by atoms with Gasteiger partial charge in [0, 0.05) is 22.6 Å². The van der Waals surface area contributed by atoms with E-state index in [1.54, 1.807) is 78.9 Å². The van der Waals surface area contributed by atoms with Crippen LogP contribution in [0.5, 0.6) is 0 Å². The molecular formula is C25H19ClN4O3S. The van der Waals surface area contributed by atoms with Crippen LogP contribution in [0.15, 0.2) is 95.6 Å². The Balaban J connectivity index is 1.31. The van der Waals surface area contributed by atoms with Gasteiger partial charge in [-0.1, -0.05) is 29.8 Å². The smallest absolute Gasteiger partial charge is 0.291 e. The van der Waals surface area contributed by atoms with Crippen molar-refractivity contribution >= 4 is 63.5 Å². The molecular weight excluding hydrogens is 472 g/mol. The van der Waals surface area contributed by atoms with Crippen molar-refractivity contribution in [3.63, 3.8) is 0 Å². The molecule has 0 aliphatic heterocycles. The summed E-state index contributed by atoms with van der Waals surface area (Å²) in [5, 5.41) is 12.4. The van der Waals surface area contributed by atoms with Gasteiger partial charge in [-0.2, -0.15) is 0 Å². The number of carbonyl (C=O) groups excluding carboxylic acids is 2. The average Bonchev–Trinajstić information content (AvgIpc) is 3.38. The molecule has 9 heteroatoms. The van der Waals surface area contributed by atoms with Crippen molar-refractivity contribution in [3.05, 3.63) is 108 Å². The third-order valence-electron chi connectivity index (χ3n) is 4.66. The van der Waals surface area contributed by atoms with E-state index in [4.69, 9.17) is 28.2 Å². The molecule has 0 saturated carbocycles. The molecule has 0 atom stereocenters. The Morgan fingerprint density at radius 1 is 0.706 bits per heavy atom. The molecule has 2 amide bonds. The highest BCUT2D eigenvalue weighted by Gasteiger charge is 2.10. The van der Waals surface area contributed by atoms with Gasteiger partial charge in [0.25, 0.3) is 11.8 Å². The zero-order valence-electron chi connectivity index (χ0n) is 17.7. The molecule has 7 nitrogen and oxygen atoms in total. The molecule has 170 valence electrons. The number of benzene rings is 3. The van der Waals surface area contributed by atoms with Gasteiger partial charge in [0.05, 0.1) is 17.0 Å². The molecule has 4 rings (SSSR count). The van der Waals surface area contributed by atoms with E-state index in [1.807, 2.05) is 6.07 Å². The van der Waals surface area contributed by atoms with E-state index in [-0.39, 0.29) is 17.6 Å². The zero-order valence-corrected chi connectivity index (χ0v) is 19.2. The minimum atomic E-state index is -0.330. The second-order valence-electron chi connectivity index (χ2n) is 7.10. The fraction of sp³-hybridized carbons (Fsp3) is 0. The van der Waals surface area contributed by atoms with Crippen LogP contribution in [-0.2, 0) is 0 Å². The molecule has 0 fully saturated rings. The molecule has 0 aliphatic carbocycles. The van der Waals surface area contributed by atoms with Gasteiger partial charge in [-0.25, -0.2) is 0 Å². The number of halogens is 1. The molecule has 4 aromatic rings. The van der Waals surface area contributed by atoms with E-state index < -0.39 is 0 Å². The molecule has 0 aliphatic rings. The summed E-state index contributed by atoms with van der Waals surface area (Å²) in [5.74, 6) is -0.343. The summed E-state index contributed by atoms with van der Waals surface area (Å²) >= 11 is 11.7. The number of amides is 2. The summed E-state index contributed by atoms with van der Waals surface area (Å²) < 4.78 is 5.08. The fourth-order valence-electron chi connectivity index (χ4n) is 3.01. The predicted octanol–water partition coefficient (Wildman–Crippen LogP) is 6.25. The van der Waals surface area contributed by atoms with Gasteiger partial charge >= 0.3 is 0 Å². The van der Waals surface area contributed by atoms with Crippen molar-refractivity contribution in [2.45, 2.75) is 0 Å². The number of rotatable bonds is 6. The van der Waals surface area contributed by atoms with Gasteiger partial charge in [0.2, 0.25) is 0 Å². The zero-order chi connectivity index (χ0) is 23.9. The Labute approximate surface area is 206 Å². The third-order valence-corrected chi connectivity index (χ3v) is 5.17. The highest BCUT2D eigenvalue weighted by atomic mass is 35.5. The van der Waals surface area contributed by atoms with E-state index >= 15 is 0 Å². The lowest BCUT2D eigenvalue weighted by Crippen LogP contribution is -2.19. The van der Waals surface area contributed by atoms with E-state index in [0.29, 0.717) is 32.8 Å². The first kappa shape index (κ1) is 23.0. The monoisotopic (exact) mass is 490 g/mol. The second kappa shape index (κ2) is 10.7. The number of hydrogen-bond donors (Lipinski definition) is 4. The normalized spacial score (nSPS) is 10.3. The Morgan fingerprint density at radius 3 is 2.00 bits per heavy atom. The number of furan rings is 1. The molecule has 1 aromatic heterocycles. The first-order valence-corrected chi connectivity index (χ1v) is 11.0. The van der Waals surface area contributed by atoms with Crippen LogP contribution < -0.4 is 21.3 Å². The summed E-state index contributed by atoms with van der Waals surface area (Å²) in [6, 6.07) is 24.3. The fourth-order valence-corrected chi connectivity index (χ4v) is 3.47. The number of carbonyl (C=O) groups is 2. The number of thiocarbonyl (C=S) groups is 1. The van der Waals surface area contributed by atoms with Gasteiger partial charge < -0.3 is 25.7 Å². The first-order valence-electron chi connectivity index (χ1n) is 10.2. The van der Waals surface area contributed by atoms with Crippen molar-refractivity contribution in [2.75, 3.05) is 21.3 Å². The maximum Gasteiger partial charge on any atom is 0.291 e. The largest absolute Gasteiger partial charge is 0.459 e. The summed E-state index contributed by atoms with van der Waals surface area (Å²) in [7, 11) is 0. The Hall–Kier alpha value is -4.14. The number of anilines is 4. The number of hydrogen-bond acceptors (Lipinski definition) is 4. The maximum atomic E-state index is 12.3. The van der Waals surface area contributed by atoms with Gasteiger partial charge in [-0.05, 0) is 78.9 Å². The lowest BCUT2D eigenvalue weighted by molar-refractivity contribution is 0.0994. The van der Waals surface area contributed by atoms with Crippen LogP contribution >= 0.6 is 23.8 Å². The van der Waals surface area contributed by atoms with Crippen molar-refractivity contribution < 1.29 is 14.0 Å². The highest BCUT2D eigenvalue weighted by Crippen LogP contribution is 2.26. The Kier molecular flexibility index (Phi) is 7.22. The molecule has 0 spiro atoms. The van der Waals surface area contributed by atoms with Crippen LogP contribution in [0.25, 0.3) is 0 Å². The molecule has 0 bridgehead atoms. The van der Waals surface area contributed by atoms with E-state index in [9.17, 15) is 9.59 Å². The molecule has 34 heavy (non-hydrogen) atoms. The van der Waals surface area contributed by atoms with Crippen molar-refractivity contribution in [3.8, 4) is 0 Å². The summed E-state index contributed by atoms with van der Waals surface area (Å²) in [6.45, 7) is 0. The summed E-state index contributed by atoms with van der Waals surface area (Å²) in [4.78, 5) is 24.4. The van der Waals surface area contributed by atoms with Gasteiger partial charge in [0.15, 0.2) is 10.9 Å². The molecule has 0 unspecified atom stereocenters. The van der Waals surface area contributed by atoms with Crippen LogP contribution in [0.4, 0.5) is 22.7 Å². The molecule has 0 saturated heterocycles. The minimum Gasteiger partial charge on any atom is -0.459 e. The molecule has 3 aromatic carbocycles. The summed E-state index contributed by atoms with van der Waals surface area (Å²) in [6.07, 6.45) is 1.44.